The number of nitrogens with zero attached hydrogens (tertiary/aromatic N) is 1. The summed E-state index contributed by atoms with van der Waals surface area (Å²) in [4.78, 5) is 2.67. The van der Waals surface area contributed by atoms with E-state index in [2.05, 4.69) is 31.0 Å². The van der Waals surface area contributed by atoms with Gasteiger partial charge in [0.05, 0.1) is 0 Å². The first kappa shape index (κ1) is 10.4. The molecule has 0 aromatic carbocycles. The van der Waals surface area contributed by atoms with Crippen LogP contribution in [0.3, 0.4) is 0 Å². The van der Waals surface area contributed by atoms with E-state index < -0.39 is 0 Å². The summed E-state index contributed by atoms with van der Waals surface area (Å²) in [6, 6.07) is 0.812. The highest BCUT2D eigenvalue weighted by atomic mass is 15.3. The lowest BCUT2D eigenvalue weighted by Crippen LogP contribution is -2.73. The molecule has 0 saturated carbocycles. The van der Waals surface area contributed by atoms with Crippen LogP contribution >= 0.6 is 0 Å². The number of nitrogens with one attached hydrogen (secondary N) is 1. The maximum absolute atomic E-state index is 3.73. The summed E-state index contributed by atoms with van der Waals surface area (Å²) < 4.78 is 0. The predicted molar refractivity (Wildman–Crippen MR) is 60.5 cm³/mol. The van der Waals surface area contributed by atoms with E-state index >= 15 is 0 Å². The van der Waals surface area contributed by atoms with Gasteiger partial charge < -0.3 is 5.32 Å². The molecule has 2 aliphatic rings. The normalized spacial score (nSPS) is 38.1. The minimum Gasteiger partial charge on any atom is -0.309 e. The zero-order valence-electron chi connectivity index (χ0n) is 9.84. The van der Waals surface area contributed by atoms with Gasteiger partial charge in [0.15, 0.2) is 0 Å². The summed E-state index contributed by atoms with van der Waals surface area (Å²) in [5.41, 5.74) is 0.518. The van der Waals surface area contributed by atoms with Gasteiger partial charge in [-0.2, -0.15) is 0 Å². The number of rotatable bonds is 3. The van der Waals surface area contributed by atoms with E-state index in [0.717, 1.165) is 12.0 Å². The average molecular weight is 196 g/mol. The predicted octanol–water partition coefficient (Wildman–Crippen LogP) is 1.86. The van der Waals surface area contributed by atoms with Crippen LogP contribution in [0.25, 0.3) is 0 Å². The summed E-state index contributed by atoms with van der Waals surface area (Å²) in [5.74, 6) is 0.808. The van der Waals surface area contributed by atoms with Gasteiger partial charge in [-0.25, -0.2) is 0 Å². The van der Waals surface area contributed by atoms with Crippen molar-refractivity contribution in [1.29, 1.82) is 0 Å². The zero-order chi connectivity index (χ0) is 10.2. The Hall–Kier alpha value is -0.0800. The Balaban J connectivity index is 1.93. The summed E-state index contributed by atoms with van der Waals surface area (Å²) in [6.07, 6.45) is 4.09. The second kappa shape index (κ2) is 3.82. The monoisotopic (exact) mass is 196 g/mol. The van der Waals surface area contributed by atoms with Crippen molar-refractivity contribution in [3.63, 3.8) is 0 Å². The van der Waals surface area contributed by atoms with Crippen molar-refractivity contribution in [2.24, 2.45) is 5.92 Å². The first-order valence-corrected chi connectivity index (χ1v) is 6.17. The van der Waals surface area contributed by atoms with E-state index in [1.165, 1.54) is 38.9 Å². The van der Waals surface area contributed by atoms with E-state index in [9.17, 15) is 0 Å². The molecule has 0 aliphatic carbocycles. The molecule has 2 fully saturated rings. The highest BCUT2D eigenvalue weighted by Gasteiger charge is 2.52. The second-order valence-corrected chi connectivity index (χ2v) is 5.43. The SMILES string of the molecule is CCC1N(CC(C)C)CC12CCCN2. The Morgan fingerprint density at radius 3 is 2.79 bits per heavy atom. The molecule has 0 radical (unpaired) electrons. The highest BCUT2D eigenvalue weighted by Crippen LogP contribution is 2.38. The molecule has 2 unspecified atom stereocenters. The van der Waals surface area contributed by atoms with Gasteiger partial charge in [-0.1, -0.05) is 20.8 Å². The molecule has 2 heterocycles. The molecule has 1 N–H and O–H groups in total. The highest BCUT2D eigenvalue weighted by molar-refractivity contribution is 5.12. The number of hydrogen-bond acceptors (Lipinski definition) is 2. The van der Waals surface area contributed by atoms with Crippen molar-refractivity contribution in [1.82, 2.24) is 10.2 Å². The topological polar surface area (TPSA) is 15.3 Å². The molecular weight excluding hydrogens is 172 g/mol. The Bertz CT molecular complexity index is 194. The first-order valence-electron chi connectivity index (χ1n) is 6.17. The van der Waals surface area contributed by atoms with Crippen molar-refractivity contribution < 1.29 is 0 Å². The maximum Gasteiger partial charge on any atom is 0.0466 e. The lowest BCUT2D eigenvalue weighted by Gasteiger charge is -2.57. The molecule has 2 atom stereocenters. The zero-order valence-corrected chi connectivity index (χ0v) is 9.84. The molecule has 0 bridgehead atoms. The molecule has 14 heavy (non-hydrogen) atoms. The van der Waals surface area contributed by atoms with Crippen LogP contribution in [0.2, 0.25) is 0 Å². The fourth-order valence-electron chi connectivity index (χ4n) is 3.37. The van der Waals surface area contributed by atoms with Crippen molar-refractivity contribution in [2.75, 3.05) is 19.6 Å². The van der Waals surface area contributed by atoms with E-state index in [-0.39, 0.29) is 0 Å². The van der Waals surface area contributed by atoms with Gasteiger partial charge in [0.1, 0.15) is 0 Å². The molecule has 0 amide bonds. The van der Waals surface area contributed by atoms with E-state index in [1.54, 1.807) is 0 Å². The Morgan fingerprint density at radius 2 is 2.29 bits per heavy atom. The smallest absolute Gasteiger partial charge is 0.0466 e. The molecule has 0 aromatic rings. The Labute approximate surface area is 88.1 Å². The maximum atomic E-state index is 3.73. The molecular formula is C12H24N2. The van der Waals surface area contributed by atoms with Crippen LogP contribution < -0.4 is 5.32 Å². The summed E-state index contributed by atoms with van der Waals surface area (Å²) in [6.45, 7) is 10.8. The van der Waals surface area contributed by atoms with Crippen molar-refractivity contribution in [3.05, 3.63) is 0 Å². The van der Waals surface area contributed by atoms with Crippen molar-refractivity contribution in [3.8, 4) is 0 Å². The van der Waals surface area contributed by atoms with Gasteiger partial charge in [-0.15, -0.1) is 0 Å². The number of likely N-dealkylation sites (tertiary alicyclic amines) is 1. The van der Waals surface area contributed by atoms with Gasteiger partial charge in [0, 0.05) is 24.7 Å². The van der Waals surface area contributed by atoms with E-state index in [4.69, 9.17) is 0 Å². The van der Waals surface area contributed by atoms with Crippen LogP contribution in [0.15, 0.2) is 0 Å². The van der Waals surface area contributed by atoms with Crippen LogP contribution in [0, 0.1) is 5.92 Å². The molecule has 2 rings (SSSR count). The molecule has 82 valence electrons. The van der Waals surface area contributed by atoms with Gasteiger partial charge in [-0.05, 0) is 31.7 Å². The van der Waals surface area contributed by atoms with Crippen LogP contribution in [-0.2, 0) is 0 Å². The van der Waals surface area contributed by atoms with Crippen molar-refractivity contribution in [2.45, 2.75) is 51.6 Å². The fourth-order valence-corrected chi connectivity index (χ4v) is 3.37. The van der Waals surface area contributed by atoms with Crippen molar-refractivity contribution >= 4 is 0 Å². The minimum absolute atomic E-state index is 0.518. The third-order valence-electron chi connectivity index (χ3n) is 3.83. The van der Waals surface area contributed by atoms with Crippen LogP contribution in [-0.4, -0.2) is 36.1 Å². The molecule has 2 heteroatoms. The molecule has 1 spiro atoms. The van der Waals surface area contributed by atoms with Crippen LogP contribution in [0.4, 0.5) is 0 Å². The van der Waals surface area contributed by atoms with Gasteiger partial charge in [0.2, 0.25) is 0 Å². The molecule has 2 aliphatic heterocycles. The van der Waals surface area contributed by atoms with Crippen LogP contribution in [0.5, 0.6) is 0 Å². The average Bonchev–Trinajstić information content (AvgIpc) is 2.53. The quantitative estimate of drug-likeness (QED) is 0.741. The first-order chi connectivity index (χ1) is 6.68. The third-order valence-corrected chi connectivity index (χ3v) is 3.83. The number of hydrogen-bond donors (Lipinski definition) is 1. The Kier molecular flexibility index (Phi) is 2.85. The van der Waals surface area contributed by atoms with Gasteiger partial charge >= 0.3 is 0 Å². The summed E-state index contributed by atoms with van der Waals surface area (Å²) in [5, 5.41) is 3.73. The largest absolute Gasteiger partial charge is 0.309 e. The second-order valence-electron chi connectivity index (χ2n) is 5.43. The molecule has 2 nitrogen and oxygen atoms in total. The van der Waals surface area contributed by atoms with E-state index in [0.29, 0.717) is 5.54 Å². The molecule has 2 saturated heterocycles. The summed E-state index contributed by atoms with van der Waals surface area (Å²) >= 11 is 0. The lowest BCUT2D eigenvalue weighted by molar-refractivity contribution is -0.0324. The standard InChI is InChI=1S/C12H24N2/c1-4-11-12(6-5-7-13-12)9-14(11)8-10(2)3/h10-11,13H,4-9H2,1-3H3. The third kappa shape index (κ3) is 1.59. The van der Waals surface area contributed by atoms with Gasteiger partial charge in [-0.3, -0.25) is 4.90 Å². The fraction of sp³-hybridized carbons (Fsp3) is 1.00. The van der Waals surface area contributed by atoms with E-state index in [1.807, 2.05) is 0 Å². The minimum atomic E-state index is 0.518. The van der Waals surface area contributed by atoms with Gasteiger partial charge in [0.25, 0.3) is 0 Å². The van der Waals surface area contributed by atoms with Crippen LogP contribution in [0.1, 0.15) is 40.0 Å². The Morgan fingerprint density at radius 1 is 1.50 bits per heavy atom. The lowest BCUT2D eigenvalue weighted by atomic mass is 9.76. The molecule has 0 aromatic heterocycles. The summed E-state index contributed by atoms with van der Waals surface area (Å²) in [7, 11) is 0.